The van der Waals surface area contributed by atoms with Gasteiger partial charge in [0.15, 0.2) is 5.75 Å². The van der Waals surface area contributed by atoms with E-state index in [1.165, 1.54) is 0 Å². The molecule has 0 unspecified atom stereocenters. The van der Waals surface area contributed by atoms with Gasteiger partial charge in [0.1, 0.15) is 5.58 Å². The molecule has 0 saturated heterocycles. The Morgan fingerprint density at radius 1 is 1.31 bits per heavy atom. The monoisotopic (exact) mass is 220 g/mol. The third-order valence-electron chi connectivity index (χ3n) is 2.10. The number of aromatic hydroxyl groups is 1. The van der Waals surface area contributed by atoms with Crippen LogP contribution in [0, 0.1) is 0 Å². The van der Waals surface area contributed by atoms with Crippen molar-refractivity contribution in [2.24, 2.45) is 0 Å². The van der Waals surface area contributed by atoms with Gasteiger partial charge in [0.25, 0.3) is 0 Å². The summed E-state index contributed by atoms with van der Waals surface area (Å²) in [6, 6.07) is 6.77. The minimum absolute atomic E-state index is 0.131. The second-order valence-electron chi connectivity index (χ2n) is 3.73. The summed E-state index contributed by atoms with van der Waals surface area (Å²) in [5.41, 5.74) is -0.314. The van der Waals surface area contributed by atoms with Crippen molar-refractivity contribution >= 4 is 11.0 Å². The van der Waals surface area contributed by atoms with Crippen LogP contribution in [0.3, 0.4) is 0 Å². The molecule has 1 aromatic heterocycles. The summed E-state index contributed by atoms with van der Waals surface area (Å²) in [4.78, 5) is 11.5. The van der Waals surface area contributed by atoms with Crippen molar-refractivity contribution in [1.82, 2.24) is 0 Å². The van der Waals surface area contributed by atoms with E-state index in [2.05, 4.69) is 0 Å². The lowest BCUT2D eigenvalue weighted by molar-refractivity contribution is 0.221. The molecule has 4 nitrogen and oxygen atoms in total. The number of hydrogen-bond donors (Lipinski definition) is 1. The van der Waals surface area contributed by atoms with Gasteiger partial charge in [0.05, 0.1) is 11.5 Å². The number of ether oxygens (including phenoxy) is 1. The van der Waals surface area contributed by atoms with Crippen molar-refractivity contribution in [1.29, 1.82) is 0 Å². The van der Waals surface area contributed by atoms with Crippen molar-refractivity contribution in [3.63, 3.8) is 0 Å². The van der Waals surface area contributed by atoms with Crippen molar-refractivity contribution < 1.29 is 14.3 Å². The highest BCUT2D eigenvalue weighted by atomic mass is 16.5. The van der Waals surface area contributed by atoms with Crippen LogP contribution in [0.5, 0.6) is 11.5 Å². The molecule has 0 aliphatic carbocycles. The molecular weight excluding hydrogens is 208 g/mol. The van der Waals surface area contributed by atoms with E-state index in [0.717, 1.165) is 0 Å². The first kappa shape index (κ1) is 10.5. The summed E-state index contributed by atoms with van der Waals surface area (Å²) in [6.07, 6.45) is -0.199. The third-order valence-corrected chi connectivity index (χ3v) is 2.10. The number of hydrogen-bond acceptors (Lipinski definition) is 4. The highest BCUT2D eigenvalue weighted by molar-refractivity contribution is 5.84. The third kappa shape index (κ3) is 1.74. The van der Waals surface area contributed by atoms with Crippen LogP contribution >= 0.6 is 0 Å². The van der Waals surface area contributed by atoms with Crippen molar-refractivity contribution in [3.05, 3.63) is 34.7 Å². The Hall–Kier alpha value is -1.97. The molecule has 0 spiro atoms. The van der Waals surface area contributed by atoms with Crippen molar-refractivity contribution in [2.45, 2.75) is 20.0 Å². The molecule has 0 amide bonds. The van der Waals surface area contributed by atoms with E-state index in [9.17, 15) is 9.90 Å². The SMILES string of the molecule is CC(C)Oc1c(O)c2ccccc2oc1=O. The summed E-state index contributed by atoms with van der Waals surface area (Å²) in [7, 11) is 0. The second kappa shape index (κ2) is 3.89. The Labute approximate surface area is 92.1 Å². The van der Waals surface area contributed by atoms with E-state index >= 15 is 0 Å². The van der Waals surface area contributed by atoms with Crippen molar-refractivity contribution in [2.75, 3.05) is 0 Å². The lowest BCUT2D eigenvalue weighted by Gasteiger charge is -2.10. The van der Waals surface area contributed by atoms with E-state index in [0.29, 0.717) is 11.0 Å². The van der Waals surface area contributed by atoms with Gasteiger partial charge in [-0.05, 0) is 26.0 Å². The maximum Gasteiger partial charge on any atom is 0.383 e. The highest BCUT2D eigenvalue weighted by Gasteiger charge is 2.15. The molecule has 0 bridgehead atoms. The standard InChI is InChI=1S/C12H12O4/c1-7(2)15-11-10(13)8-5-3-4-6-9(8)16-12(11)14/h3-7,13H,1-2H3. The number of rotatable bonds is 2. The van der Waals surface area contributed by atoms with Crippen LogP contribution in [0.4, 0.5) is 0 Å². The van der Waals surface area contributed by atoms with Gasteiger partial charge >= 0.3 is 5.63 Å². The molecule has 4 heteroatoms. The maximum atomic E-state index is 11.5. The molecule has 0 fully saturated rings. The van der Waals surface area contributed by atoms with Gasteiger partial charge in [-0.1, -0.05) is 12.1 Å². The molecule has 1 N–H and O–H groups in total. The molecule has 0 atom stereocenters. The lowest BCUT2D eigenvalue weighted by Crippen LogP contribution is -2.13. The Balaban J connectivity index is 2.71. The summed E-state index contributed by atoms with van der Waals surface area (Å²) >= 11 is 0. The quantitative estimate of drug-likeness (QED) is 0.789. The van der Waals surface area contributed by atoms with Gasteiger partial charge in [0.2, 0.25) is 5.75 Å². The first-order valence-corrected chi connectivity index (χ1v) is 5.01. The Bertz CT molecular complexity index is 569. The summed E-state index contributed by atoms with van der Waals surface area (Å²) in [5.74, 6) is -0.297. The Morgan fingerprint density at radius 2 is 2.00 bits per heavy atom. The van der Waals surface area contributed by atoms with Crippen LogP contribution in [-0.2, 0) is 0 Å². The zero-order valence-corrected chi connectivity index (χ0v) is 9.06. The largest absolute Gasteiger partial charge is 0.504 e. The zero-order chi connectivity index (χ0) is 11.7. The van der Waals surface area contributed by atoms with Gasteiger partial charge < -0.3 is 14.3 Å². The van der Waals surface area contributed by atoms with Crippen LogP contribution in [0.2, 0.25) is 0 Å². The second-order valence-corrected chi connectivity index (χ2v) is 3.73. The Morgan fingerprint density at radius 3 is 2.69 bits per heavy atom. The molecule has 0 aliphatic rings. The maximum absolute atomic E-state index is 11.5. The lowest BCUT2D eigenvalue weighted by atomic mass is 10.2. The predicted octanol–water partition coefficient (Wildman–Crippen LogP) is 2.29. The van der Waals surface area contributed by atoms with Gasteiger partial charge in [-0.15, -0.1) is 0 Å². The van der Waals surface area contributed by atoms with Crippen LogP contribution in [0.15, 0.2) is 33.5 Å². The fraction of sp³-hybridized carbons (Fsp3) is 0.250. The molecule has 0 aliphatic heterocycles. The predicted molar refractivity (Wildman–Crippen MR) is 59.9 cm³/mol. The van der Waals surface area contributed by atoms with E-state index < -0.39 is 5.63 Å². The minimum Gasteiger partial charge on any atom is -0.504 e. The molecule has 1 aromatic carbocycles. The van der Waals surface area contributed by atoms with Gasteiger partial charge in [-0.25, -0.2) is 4.79 Å². The van der Waals surface area contributed by atoms with Crippen molar-refractivity contribution in [3.8, 4) is 11.5 Å². The molecule has 1 heterocycles. The minimum atomic E-state index is -0.662. The summed E-state index contributed by atoms with van der Waals surface area (Å²) in [6.45, 7) is 3.54. The van der Waals surface area contributed by atoms with Crippen LogP contribution in [0.25, 0.3) is 11.0 Å². The van der Waals surface area contributed by atoms with E-state index in [4.69, 9.17) is 9.15 Å². The van der Waals surface area contributed by atoms with E-state index in [-0.39, 0.29) is 17.6 Å². The average Bonchev–Trinajstić information content (AvgIpc) is 2.24. The smallest absolute Gasteiger partial charge is 0.383 e. The van der Waals surface area contributed by atoms with E-state index in [1.54, 1.807) is 38.1 Å². The topological polar surface area (TPSA) is 59.7 Å². The van der Waals surface area contributed by atoms with E-state index in [1.807, 2.05) is 0 Å². The van der Waals surface area contributed by atoms with Gasteiger partial charge in [0, 0.05) is 0 Å². The molecule has 0 saturated carbocycles. The normalized spacial score (nSPS) is 10.9. The van der Waals surface area contributed by atoms with Gasteiger partial charge in [-0.3, -0.25) is 0 Å². The number of fused-ring (bicyclic) bond motifs is 1. The van der Waals surface area contributed by atoms with Crippen LogP contribution < -0.4 is 10.4 Å². The molecule has 2 aromatic rings. The molecule has 2 rings (SSSR count). The fourth-order valence-electron chi connectivity index (χ4n) is 1.46. The van der Waals surface area contributed by atoms with Gasteiger partial charge in [-0.2, -0.15) is 0 Å². The summed E-state index contributed by atoms with van der Waals surface area (Å²) in [5, 5.41) is 10.4. The number of para-hydroxylation sites is 1. The Kier molecular flexibility index (Phi) is 2.56. The average molecular weight is 220 g/mol. The van der Waals surface area contributed by atoms with Crippen LogP contribution in [-0.4, -0.2) is 11.2 Å². The number of benzene rings is 1. The van der Waals surface area contributed by atoms with Crippen LogP contribution in [0.1, 0.15) is 13.8 Å². The first-order chi connectivity index (χ1) is 7.59. The molecular formula is C12H12O4. The fourth-order valence-corrected chi connectivity index (χ4v) is 1.46. The molecule has 16 heavy (non-hydrogen) atoms. The first-order valence-electron chi connectivity index (χ1n) is 5.01. The summed E-state index contributed by atoms with van der Waals surface area (Å²) < 4.78 is 10.3. The zero-order valence-electron chi connectivity index (χ0n) is 9.06. The highest BCUT2D eigenvalue weighted by Crippen LogP contribution is 2.31. The molecule has 0 radical (unpaired) electrons. The molecule has 84 valence electrons.